The molecule has 0 unspecified atom stereocenters. The van der Waals surface area contributed by atoms with Gasteiger partial charge in [0.2, 0.25) is 0 Å². The molecule has 2 aliphatic rings. The maximum atomic E-state index is 12.4. The molecule has 0 aromatic heterocycles. The van der Waals surface area contributed by atoms with E-state index < -0.39 is 11.2 Å². The molecule has 1 aromatic carbocycles. The number of Topliss-reactive ketones (excluding diaryl/α,β-unsaturated/α-hetero) is 1. The van der Waals surface area contributed by atoms with Crippen molar-refractivity contribution in [2.45, 2.75) is 64.3 Å². The number of carbonyl (C=O) groups is 1. The van der Waals surface area contributed by atoms with Gasteiger partial charge in [-0.2, -0.15) is 0 Å². The third kappa shape index (κ3) is 3.22. The topological polar surface area (TPSA) is 55.8 Å². The van der Waals surface area contributed by atoms with E-state index in [0.717, 1.165) is 31.4 Å². The number of methoxy groups -OCH3 is 1. The summed E-state index contributed by atoms with van der Waals surface area (Å²) < 4.78 is 11.3. The van der Waals surface area contributed by atoms with Gasteiger partial charge in [-0.15, -0.1) is 0 Å². The third-order valence-electron chi connectivity index (χ3n) is 5.85. The van der Waals surface area contributed by atoms with E-state index in [2.05, 4.69) is 6.07 Å². The van der Waals surface area contributed by atoms with Crippen molar-refractivity contribution in [1.82, 2.24) is 0 Å². The molecule has 1 aromatic rings. The highest BCUT2D eigenvalue weighted by Gasteiger charge is 2.56. The molecule has 0 bridgehead atoms. The number of aryl methyl sites for hydroxylation is 1. The second-order valence-corrected chi connectivity index (χ2v) is 7.68. The van der Waals surface area contributed by atoms with Gasteiger partial charge in [0.05, 0.1) is 18.6 Å². The van der Waals surface area contributed by atoms with Crippen molar-refractivity contribution < 1.29 is 19.4 Å². The zero-order valence-corrected chi connectivity index (χ0v) is 14.9. The lowest BCUT2D eigenvalue weighted by Gasteiger charge is -2.44. The van der Waals surface area contributed by atoms with E-state index >= 15 is 0 Å². The first-order chi connectivity index (χ1) is 11.4. The normalized spacial score (nSPS) is 35.8. The van der Waals surface area contributed by atoms with Crippen molar-refractivity contribution in [1.29, 1.82) is 0 Å². The van der Waals surface area contributed by atoms with Crippen LogP contribution < -0.4 is 4.74 Å². The number of hydrogen-bond acceptors (Lipinski definition) is 4. The van der Waals surface area contributed by atoms with Gasteiger partial charge in [-0.1, -0.05) is 26.0 Å². The van der Waals surface area contributed by atoms with Crippen LogP contribution in [0.1, 0.15) is 51.5 Å². The van der Waals surface area contributed by atoms with Crippen molar-refractivity contribution in [3.63, 3.8) is 0 Å². The van der Waals surface area contributed by atoms with Crippen LogP contribution in [0.4, 0.5) is 0 Å². The van der Waals surface area contributed by atoms with Crippen LogP contribution in [0.25, 0.3) is 0 Å². The summed E-state index contributed by atoms with van der Waals surface area (Å²) in [5.74, 6) is 0.104. The summed E-state index contributed by atoms with van der Waals surface area (Å²) >= 11 is 0. The Morgan fingerprint density at radius 1 is 1.38 bits per heavy atom. The quantitative estimate of drug-likeness (QED) is 0.896. The predicted octanol–water partition coefficient (Wildman–Crippen LogP) is 3.50. The summed E-state index contributed by atoms with van der Waals surface area (Å²) in [6, 6.07) is 8.01. The monoisotopic (exact) mass is 332 g/mol. The number of fused-ring (bicyclic) bond motifs is 1. The van der Waals surface area contributed by atoms with Crippen LogP contribution in [0, 0.1) is 11.3 Å². The molecule has 4 nitrogen and oxygen atoms in total. The molecule has 0 amide bonds. The second kappa shape index (κ2) is 6.49. The van der Waals surface area contributed by atoms with E-state index in [1.54, 1.807) is 7.11 Å². The first-order valence-corrected chi connectivity index (χ1v) is 8.94. The molecular weight excluding hydrogens is 304 g/mol. The van der Waals surface area contributed by atoms with E-state index in [4.69, 9.17) is 9.47 Å². The van der Waals surface area contributed by atoms with Crippen molar-refractivity contribution >= 4 is 5.78 Å². The smallest absolute Gasteiger partial charge is 0.165 e. The molecule has 1 aliphatic carbocycles. The number of ether oxygens (including phenoxy) is 2. The molecule has 0 radical (unpaired) electrons. The summed E-state index contributed by atoms with van der Waals surface area (Å²) in [5, 5.41) is 10.8. The van der Waals surface area contributed by atoms with Crippen LogP contribution >= 0.6 is 0 Å². The van der Waals surface area contributed by atoms with Crippen molar-refractivity contribution in [2.75, 3.05) is 7.11 Å². The fraction of sp³-hybridized carbons (Fsp3) is 0.650. The van der Waals surface area contributed by atoms with E-state index in [-0.39, 0.29) is 12.0 Å². The van der Waals surface area contributed by atoms with E-state index in [1.165, 1.54) is 5.56 Å². The first kappa shape index (κ1) is 17.4. The van der Waals surface area contributed by atoms with Gasteiger partial charge in [0.1, 0.15) is 11.5 Å². The number of ketones is 1. The zero-order valence-electron chi connectivity index (χ0n) is 14.9. The number of hydrogen-bond donors (Lipinski definition) is 1. The molecular formula is C20H28O4. The molecule has 4 atom stereocenters. The van der Waals surface area contributed by atoms with Crippen molar-refractivity contribution in [3.8, 4) is 5.75 Å². The molecule has 3 rings (SSSR count). The molecule has 2 fully saturated rings. The highest BCUT2D eigenvalue weighted by molar-refractivity contribution is 5.89. The largest absolute Gasteiger partial charge is 0.497 e. The fourth-order valence-corrected chi connectivity index (χ4v) is 4.23. The molecule has 1 saturated heterocycles. The second-order valence-electron chi connectivity index (χ2n) is 7.68. The lowest BCUT2D eigenvalue weighted by Crippen LogP contribution is -2.49. The number of benzene rings is 1. The first-order valence-electron chi connectivity index (χ1n) is 8.94. The summed E-state index contributed by atoms with van der Waals surface area (Å²) in [6.45, 7) is 3.97. The molecule has 24 heavy (non-hydrogen) atoms. The Balaban J connectivity index is 1.57. The van der Waals surface area contributed by atoms with Gasteiger partial charge in [0, 0.05) is 18.8 Å². The average Bonchev–Trinajstić information content (AvgIpc) is 2.78. The molecule has 4 heteroatoms. The Bertz CT molecular complexity index is 613. The number of aliphatic hydroxyl groups is 1. The van der Waals surface area contributed by atoms with Crippen LogP contribution in [0.2, 0.25) is 0 Å². The Morgan fingerprint density at radius 2 is 2.17 bits per heavy atom. The molecule has 1 N–H and O–H groups in total. The maximum absolute atomic E-state index is 12.4. The van der Waals surface area contributed by atoms with Crippen molar-refractivity contribution in [3.05, 3.63) is 29.8 Å². The zero-order chi connectivity index (χ0) is 17.4. The summed E-state index contributed by atoms with van der Waals surface area (Å²) in [5.41, 5.74) is 0.793. The van der Waals surface area contributed by atoms with Crippen LogP contribution in [-0.4, -0.2) is 29.9 Å². The Hall–Kier alpha value is -1.39. The Morgan fingerprint density at radius 3 is 2.92 bits per heavy atom. The van der Waals surface area contributed by atoms with Crippen LogP contribution in [-0.2, 0) is 16.0 Å². The van der Waals surface area contributed by atoms with Gasteiger partial charge >= 0.3 is 0 Å². The van der Waals surface area contributed by atoms with Gasteiger partial charge in [-0.3, -0.25) is 4.79 Å². The van der Waals surface area contributed by atoms with Crippen molar-refractivity contribution in [2.24, 2.45) is 11.3 Å². The highest BCUT2D eigenvalue weighted by atomic mass is 16.6. The molecule has 1 saturated carbocycles. The van der Waals surface area contributed by atoms with Gasteiger partial charge in [-0.05, 0) is 43.4 Å². The maximum Gasteiger partial charge on any atom is 0.165 e. The minimum absolute atomic E-state index is 0.0409. The summed E-state index contributed by atoms with van der Waals surface area (Å²) in [6.07, 6.45) is 4.16. The lowest BCUT2D eigenvalue weighted by molar-refractivity contribution is -0.277. The Labute approximate surface area is 144 Å². The minimum Gasteiger partial charge on any atom is -0.497 e. The average molecular weight is 332 g/mol. The standard InChI is InChI=1S/C20H28O4/c1-14-12-17-19(2,18(14)21)10-11-20(22,24-17)9-5-7-15-6-4-8-16(13-15)23-3/h4,6,8,13-14,17,22H,5,7,9-12H2,1-3H3/t14-,17-,19-,20+/m0/s1. The van der Waals surface area contributed by atoms with Crippen LogP contribution in [0.3, 0.4) is 0 Å². The van der Waals surface area contributed by atoms with Gasteiger partial charge in [0.25, 0.3) is 0 Å². The van der Waals surface area contributed by atoms with E-state index in [1.807, 2.05) is 32.0 Å². The molecule has 1 aliphatic heterocycles. The number of carbonyl (C=O) groups excluding carboxylic acids is 1. The minimum atomic E-state index is -1.09. The highest BCUT2D eigenvalue weighted by Crippen LogP contribution is 2.50. The van der Waals surface area contributed by atoms with E-state index in [0.29, 0.717) is 18.6 Å². The number of rotatable bonds is 5. The molecule has 0 spiro atoms. The third-order valence-corrected chi connectivity index (χ3v) is 5.85. The summed E-state index contributed by atoms with van der Waals surface area (Å²) in [4.78, 5) is 12.4. The van der Waals surface area contributed by atoms with Gasteiger partial charge in [-0.25, -0.2) is 0 Å². The van der Waals surface area contributed by atoms with E-state index in [9.17, 15) is 9.90 Å². The SMILES string of the molecule is COc1cccc(CCC[C@]2(O)CC[C@]3(C)C(=O)[C@@H](C)C[C@@H]3O2)c1. The summed E-state index contributed by atoms with van der Waals surface area (Å²) in [7, 11) is 1.67. The van der Waals surface area contributed by atoms with Crippen LogP contribution in [0.15, 0.2) is 24.3 Å². The molecule has 132 valence electrons. The predicted molar refractivity (Wildman–Crippen MR) is 91.9 cm³/mol. The lowest BCUT2D eigenvalue weighted by atomic mass is 9.76. The van der Waals surface area contributed by atoms with Gasteiger partial charge < -0.3 is 14.6 Å². The molecule has 1 heterocycles. The van der Waals surface area contributed by atoms with Crippen LogP contribution in [0.5, 0.6) is 5.75 Å². The Kier molecular flexibility index (Phi) is 4.71. The van der Waals surface area contributed by atoms with Gasteiger partial charge in [0.15, 0.2) is 5.79 Å². The fourth-order valence-electron chi connectivity index (χ4n) is 4.23.